The van der Waals surface area contributed by atoms with Gasteiger partial charge in [0.2, 0.25) is 5.88 Å². The summed E-state index contributed by atoms with van der Waals surface area (Å²) in [5, 5.41) is 25.6. The predicted octanol–water partition coefficient (Wildman–Crippen LogP) is 3.40. The first-order valence-corrected chi connectivity index (χ1v) is 8.89. The zero-order valence-corrected chi connectivity index (χ0v) is 15.8. The minimum absolute atomic E-state index is 0.0716. The molecule has 0 amide bonds. The lowest BCUT2D eigenvalue weighted by atomic mass is 9.91. The molecule has 1 unspecified atom stereocenters. The van der Waals surface area contributed by atoms with E-state index in [0.29, 0.717) is 28.3 Å². The molecule has 0 fully saturated rings. The Kier molecular flexibility index (Phi) is 4.37. The van der Waals surface area contributed by atoms with Gasteiger partial charge in [0.25, 0.3) is 5.69 Å². The molecule has 4 rings (SSSR count). The van der Waals surface area contributed by atoms with Gasteiger partial charge >= 0.3 is 0 Å². The second-order valence-corrected chi connectivity index (χ2v) is 6.76. The molecule has 1 atom stereocenters. The van der Waals surface area contributed by atoms with Crippen LogP contribution >= 0.6 is 0 Å². The molecule has 1 aliphatic rings. The van der Waals surface area contributed by atoms with Gasteiger partial charge in [-0.1, -0.05) is 24.3 Å². The van der Waals surface area contributed by atoms with Crippen molar-refractivity contribution < 1.29 is 9.66 Å². The molecule has 0 bridgehead atoms. The van der Waals surface area contributed by atoms with Crippen molar-refractivity contribution in [2.45, 2.75) is 20.1 Å². The third kappa shape index (κ3) is 3.03. The highest BCUT2D eigenvalue weighted by Gasteiger charge is 2.33. The Morgan fingerprint density at radius 3 is 2.69 bits per heavy atom. The van der Waals surface area contributed by atoms with E-state index in [-0.39, 0.29) is 11.3 Å². The topological polar surface area (TPSA) is 120 Å². The number of nitro groups is 1. The number of hydrogen-bond acceptors (Lipinski definition) is 6. The van der Waals surface area contributed by atoms with Crippen molar-refractivity contribution in [3.8, 4) is 17.6 Å². The number of benzene rings is 2. The van der Waals surface area contributed by atoms with Crippen LogP contribution in [-0.4, -0.2) is 20.9 Å². The molecule has 8 heteroatoms. The van der Waals surface area contributed by atoms with E-state index in [4.69, 9.17) is 10.5 Å². The second-order valence-electron chi connectivity index (χ2n) is 6.76. The number of fused-ring (bicyclic) bond motifs is 1. The van der Waals surface area contributed by atoms with E-state index in [1.807, 2.05) is 31.2 Å². The molecule has 0 spiro atoms. The van der Waals surface area contributed by atoms with E-state index < -0.39 is 11.2 Å². The van der Waals surface area contributed by atoms with E-state index in [0.717, 1.165) is 11.3 Å². The van der Waals surface area contributed by atoms with Gasteiger partial charge in [0, 0.05) is 17.7 Å². The molecule has 3 aromatic rings. The van der Waals surface area contributed by atoms with Crippen LogP contribution in [0.3, 0.4) is 0 Å². The molecule has 0 saturated carbocycles. The SMILES string of the molecule is Cc1cccc(-n2nc(C)c3c2OC(N)C(C#N)=C3c2cccc([N+](=O)[O-])c2)c1. The maximum absolute atomic E-state index is 11.2. The highest BCUT2D eigenvalue weighted by Crippen LogP contribution is 2.42. The normalized spacial score (nSPS) is 15.4. The van der Waals surface area contributed by atoms with Crippen molar-refractivity contribution in [2.24, 2.45) is 5.73 Å². The summed E-state index contributed by atoms with van der Waals surface area (Å²) in [7, 11) is 0. The minimum Gasteiger partial charge on any atom is -0.453 e. The molecule has 29 heavy (non-hydrogen) atoms. The summed E-state index contributed by atoms with van der Waals surface area (Å²) < 4.78 is 7.52. The number of nitrogens with zero attached hydrogens (tertiary/aromatic N) is 4. The van der Waals surface area contributed by atoms with Crippen LogP contribution in [0.25, 0.3) is 11.3 Å². The number of nitrogens with two attached hydrogens (primary N) is 1. The van der Waals surface area contributed by atoms with Crippen molar-refractivity contribution in [2.75, 3.05) is 0 Å². The van der Waals surface area contributed by atoms with Crippen LogP contribution in [0.15, 0.2) is 54.1 Å². The Morgan fingerprint density at radius 1 is 1.24 bits per heavy atom. The molecule has 1 aliphatic heterocycles. The van der Waals surface area contributed by atoms with Crippen LogP contribution in [0.1, 0.15) is 22.4 Å². The third-order valence-electron chi connectivity index (χ3n) is 4.77. The molecule has 2 N–H and O–H groups in total. The van der Waals surface area contributed by atoms with Crippen molar-refractivity contribution >= 4 is 11.3 Å². The molecule has 0 aliphatic carbocycles. The lowest BCUT2D eigenvalue weighted by Crippen LogP contribution is -2.33. The highest BCUT2D eigenvalue weighted by molar-refractivity contribution is 5.89. The standard InChI is InChI=1S/C21H17N5O3/c1-12-5-3-7-15(9-12)25-21-18(13(2)24-25)19(17(11-22)20(23)29-21)14-6-4-8-16(10-14)26(27)28/h3-10,20H,23H2,1-2H3. The van der Waals surface area contributed by atoms with E-state index in [1.54, 1.807) is 23.7 Å². The van der Waals surface area contributed by atoms with Gasteiger partial charge in [-0.3, -0.25) is 15.8 Å². The number of aryl methyl sites for hydroxylation is 2. The van der Waals surface area contributed by atoms with Crippen LogP contribution in [-0.2, 0) is 0 Å². The number of ether oxygens (including phenoxy) is 1. The summed E-state index contributed by atoms with van der Waals surface area (Å²) in [6, 6.07) is 16.0. The fourth-order valence-corrected chi connectivity index (χ4v) is 3.49. The average molecular weight is 387 g/mol. The Bertz CT molecular complexity index is 1220. The summed E-state index contributed by atoms with van der Waals surface area (Å²) in [5.74, 6) is 0.404. The zero-order valence-electron chi connectivity index (χ0n) is 15.8. The first kappa shape index (κ1) is 18.4. The molecule has 0 radical (unpaired) electrons. The summed E-state index contributed by atoms with van der Waals surface area (Å²) in [6.07, 6.45) is -1.01. The molecule has 0 saturated heterocycles. The average Bonchev–Trinajstić information content (AvgIpc) is 3.03. The Hall–Kier alpha value is -3.96. The molecular weight excluding hydrogens is 370 g/mol. The first-order chi connectivity index (χ1) is 13.9. The number of non-ortho nitro benzene ring substituents is 1. The molecule has 1 aromatic heterocycles. The lowest BCUT2D eigenvalue weighted by Gasteiger charge is -2.24. The quantitative estimate of drug-likeness (QED) is 0.543. The first-order valence-electron chi connectivity index (χ1n) is 8.89. The summed E-state index contributed by atoms with van der Waals surface area (Å²) >= 11 is 0. The van der Waals surface area contributed by atoms with Gasteiger partial charge in [0.15, 0.2) is 6.23 Å². The van der Waals surface area contributed by atoms with E-state index in [2.05, 4.69) is 11.2 Å². The van der Waals surface area contributed by atoms with Crippen LogP contribution in [0.5, 0.6) is 5.88 Å². The van der Waals surface area contributed by atoms with Gasteiger partial charge < -0.3 is 4.74 Å². The van der Waals surface area contributed by atoms with Crippen molar-refractivity contribution in [3.63, 3.8) is 0 Å². The van der Waals surface area contributed by atoms with Gasteiger partial charge in [0.1, 0.15) is 6.07 Å². The van der Waals surface area contributed by atoms with Crippen molar-refractivity contribution in [1.82, 2.24) is 9.78 Å². The van der Waals surface area contributed by atoms with E-state index in [9.17, 15) is 15.4 Å². The van der Waals surface area contributed by atoms with Crippen LogP contribution < -0.4 is 10.5 Å². The van der Waals surface area contributed by atoms with E-state index >= 15 is 0 Å². The maximum Gasteiger partial charge on any atom is 0.270 e. The van der Waals surface area contributed by atoms with Crippen LogP contribution in [0.2, 0.25) is 0 Å². The maximum atomic E-state index is 11.2. The molecule has 144 valence electrons. The summed E-state index contributed by atoms with van der Waals surface area (Å²) in [6.45, 7) is 3.78. The molecule has 2 heterocycles. The number of nitro benzene ring substituents is 1. The second kappa shape index (κ2) is 6.89. The Morgan fingerprint density at radius 2 is 2.00 bits per heavy atom. The summed E-state index contributed by atoms with van der Waals surface area (Å²) in [4.78, 5) is 10.8. The number of nitriles is 1. The lowest BCUT2D eigenvalue weighted by molar-refractivity contribution is -0.384. The monoisotopic (exact) mass is 387 g/mol. The van der Waals surface area contributed by atoms with Crippen LogP contribution in [0.4, 0.5) is 5.69 Å². The molecule has 2 aromatic carbocycles. The fourth-order valence-electron chi connectivity index (χ4n) is 3.49. The Labute approximate surface area is 166 Å². The van der Waals surface area contributed by atoms with Crippen molar-refractivity contribution in [1.29, 1.82) is 5.26 Å². The molecule has 8 nitrogen and oxygen atoms in total. The smallest absolute Gasteiger partial charge is 0.270 e. The largest absolute Gasteiger partial charge is 0.453 e. The number of hydrogen-bond donors (Lipinski definition) is 1. The minimum atomic E-state index is -1.01. The van der Waals surface area contributed by atoms with Crippen LogP contribution in [0, 0.1) is 35.3 Å². The van der Waals surface area contributed by atoms with Crippen molar-refractivity contribution in [3.05, 3.63) is 86.6 Å². The Balaban J connectivity index is 1.99. The zero-order chi connectivity index (χ0) is 20.7. The third-order valence-corrected chi connectivity index (χ3v) is 4.77. The van der Waals surface area contributed by atoms with E-state index in [1.165, 1.54) is 12.1 Å². The fraction of sp³-hybridized carbons (Fsp3) is 0.143. The van der Waals surface area contributed by atoms with Gasteiger partial charge in [-0.25, -0.2) is 4.68 Å². The highest BCUT2D eigenvalue weighted by atomic mass is 16.6. The van der Waals surface area contributed by atoms with Gasteiger partial charge in [-0.15, -0.1) is 0 Å². The van der Waals surface area contributed by atoms with Gasteiger partial charge in [-0.05, 0) is 37.1 Å². The number of rotatable bonds is 3. The number of aromatic nitrogens is 2. The predicted molar refractivity (Wildman–Crippen MR) is 106 cm³/mol. The van der Waals surface area contributed by atoms with Gasteiger partial charge in [-0.2, -0.15) is 10.4 Å². The van der Waals surface area contributed by atoms with Gasteiger partial charge in [0.05, 0.1) is 27.4 Å². The molecular formula is C21H17N5O3. The summed E-state index contributed by atoms with van der Waals surface area (Å²) in [5.41, 5.74) is 10.4.